The predicted octanol–water partition coefficient (Wildman–Crippen LogP) is 2.43. The predicted molar refractivity (Wildman–Crippen MR) is 107 cm³/mol. The number of rotatable bonds is 4. The molecule has 1 aromatic carbocycles. The van der Waals surface area contributed by atoms with E-state index in [1.807, 2.05) is 36.4 Å². The molecule has 1 aliphatic heterocycles. The SMILES string of the molecule is COc1ccc([C@H]2CN(c3nc(-c4ccncc4)cc(=O)n3C)CCO2)cc1. The number of aromatic nitrogens is 3. The molecule has 7 nitrogen and oxygen atoms in total. The first kappa shape index (κ1) is 18.2. The highest BCUT2D eigenvalue weighted by atomic mass is 16.5. The minimum Gasteiger partial charge on any atom is -0.497 e. The lowest BCUT2D eigenvalue weighted by molar-refractivity contribution is 0.0389. The summed E-state index contributed by atoms with van der Waals surface area (Å²) in [5.41, 5.74) is 2.49. The molecule has 144 valence electrons. The monoisotopic (exact) mass is 378 g/mol. The third-order valence-corrected chi connectivity index (χ3v) is 4.92. The van der Waals surface area contributed by atoms with Crippen molar-refractivity contribution in [1.29, 1.82) is 0 Å². The summed E-state index contributed by atoms with van der Waals surface area (Å²) in [5, 5.41) is 0. The third-order valence-electron chi connectivity index (χ3n) is 4.92. The van der Waals surface area contributed by atoms with Gasteiger partial charge in [0.2, 0.25) is 5.95 Å². The molecule has 0 bridgehead atoms. The fourth-order valence-electron chi connectivity index (χ4n) is 3.33. The second-order valence-corrected chi connectivity index (χ2v) is 6.65. The summed E-state index contributed by atoms with van der Waals surface area (Å²) in [6.07, 6.45) is 3.30. The van der Waals surface area contributed by atoms with Crippen molar-refractivity contribution in [1.82, 2.24) is 14.5 Å². The van der Waals surface area contributed by atoms with Crippen molar-refractivity contribution in [2.75, 3.05) is 31.7 Å². The maximum absolute atomic E-state index is 12.5. The van der Waals surface area contributed by atoms with Crippen LogP contribution in [-0.4, -0.2) is 41.3 Å². The van der Waals surface area contributed by atoms with Crippen LogP contribution in [0.25, 0.3) is 11.3 Å². The van der Waals surface area contributed by atoms with Crippen molar-refractivity contribution in [3.63, 3.8) is 0 Å². The van der Waals surface area contributed by atoms with Crippen molar-refractivity contribution < 1.29 is 9.47 Å². The van der Waals surface area contributed by atoms with Crippen LogP contribution in [0.2, 0.25) is 0 Å². The van der Waals surface area contributed by atoms with Gasteiger partial charge in [-0.15, -0.1) is 0 Å². The Hall–Kier alpha value is -3.19. The first-order chi connectivity index (χ1) is 13.7. The fourth-order valence-corrected chi connectivity index (χ4v) is 3.33. The van der Waals surface area contributed by atoms with Crippen molar-refractivity contribution in [3.8, 4) is 17.0 Å². The summed E-state index contributed by atoms with van der Waals surface area (Å²) in [5.74, 6) is 1.45. The number of methoxy groups -OCH3 is 1. The lowest BCUT2D eigenvalue weighted by atomic mass is 10.1. The van der Waals surface area contributed by atoms with Gasteiger partial charge in [0.05, 0.1) is 26.0 Å². The minimum atomic E-state index is -0.0962. The molecule has 3 heterocycles. The molecular weight excluding hydrogens is 356 g/mol. The Bertz CT molecular complexity index is 1000. The van der Waals surface area contributed by atoms with Crippen molar-refractivity contribution in [3.05, 3.63) is 70.8 Å². The fraction of sp³-hybridized carbons (Fsp3) is 0.286. The van der Waals surface area contributed by atoms with Gasteiger partial charge >= 0.3 is 0 Å². The molecule has 1 atom stereocenters. The van der Waals surface area contributed by atoms with Gasteiger partial charge in [-0.1, -0.05) is 12.1 Å². The number of benzene rings is 1. The molecule has 7 heteroatoms. The summed E-state index contributed by atoms with van der Waals surface area (Å²) in [6.45, 7) is 1.85. The van der Waals surface area contributed by atoms with Crippen LogP contribution in [-0.2, 0) is 11.8 Å². The molecule has 0 saturated carbocycles. The van der Waals surface area contributed by atoms with E-state index in [1.54, 1.807) is 37.2 Å². The van der Waals surface area contributed by atoms with Crippen molar-refractivity contribution in [2.24, 2.45) is 7.05 Å². The van der Waals surface area contributed by atoms with Gasteiger partial charge in [0.15, 0.2) is 0 Å². The van der Waals surface area contributed by atoms with E-state index in [9.17, 15) is 4.79 Å². The molecule has 0 unspecified atom stereocenters. The van der Waals surface area contributed by atoms with Gasteiger partial charge in [0.1, 0.15) is 11.9 Å². The second kappa shape index (κ2) is 7.82. The molecule has 0 amide bonds. The second-order valence-electron chi connectivity index (χ2n) is 6.65. The van der Waals surface area contributed by atoms with Crippen LogP contribution in [0.5, 0.6) is 5.75 Å². The molecule has 1 fully saturated rings. The number of nitrogens with zero attached hydrogens (tertiary/aromatic N) is 4. The maximum atomic E-state index is 12.5. The van der Waals surface area contributed by atoms with Crippen LogP contribution >= 0.6 is 0 Å². The van der Waals surface area contributed by atoms with E-state index in [2.05, 4.69) is 9.88 Å². The van der Waals surface area contributed by atoms with Gasteiger partial charge in [-0.25, -0.2) is 4.98 Å². The third kappa shape index (κ3) is 3.61. The Morgan fingerprint density at radius 1 is 1.14 bits per heavy atom. The average Bonchev–Trinajstić information content (AvgIpc) is 2.76. The van der Waals surface area contributed by atoms with Gasteiger partial charge in [0, 0.05) is 37.6 Å². The van der Waals surface area contributed by atoms with Crippen LogP contribution in [0.3, 0.4) is 0 Å². The van der Waals surface area contributed by atoms with Crippen molar-refractivity contribution >= 4 is 5.95 Å². The molecule has 0 N–H and O–H groups in total. The zero-order chi connectivity index (χ0) is 19.5. The highest BCUT2D eigenvalue weighted by Crippen LogP contribution is 2.27. The first-order valence-electron chi connectivity index (χ1n) is 9.14. The van der Waals surface area contributed by atoms with Crippen LogP contribution < -0.4 is 15.2 Å². The molecule has 28 heavy (non-hydrogen) atoms. The summed E-state index contributed by atoms with van der Waals surface area (Å²) in [6, 6.07) is 13.1. The Morgan fingerprint density at radius 3 is 2.61 bits per heavy atom. The van der Waals surface area contributed by atoms with Gasteiger partial charge in [-0.2, -0.15) is 0 Å². The van der Waals surface area contributed by atoms with E-state index in [-0.39, 0.29) is 11.7 Å². The summed E-state index contributed by atoms with van der Waals surface area (Å²) in [4.78, 5) is 23.4. The van der Waals surface area contributed by atoms with E-state index in [0.717, 1.165) is 16.9 Å². The van der Waals surface area contributed by atoms with Crippen LogP contribution in [0, 0.1) is 0 Å². The quantitative estimate of drug-likeness (QED) is 0.695. The maximum Gasteiger partial charge on any atom is 0.255 e. The number of anilines is 1. The van der Waals surface area contributed by atoms with Crippen molar-refractivity contribution in [2.45, 2.75) is 6.10 Å². The van der Waals surface area contributed by atoms with Gasteiger partial charge in [-0.05, 0) is 29.8 Å². The van der Waals surface area contributed by atoms with E-state index < -0.39 is 0 Å². The Labute approximate surface area is 163 Å². The molecule has 4 rings (SSSR count). The molecule has 0 aliphatic carbocycles. The zero-order valence-corrected chi connectivity index (χ0v) is 15.9. The highest BCUT2D eigenvalue weighted by molar-refractivity contribution is 5.59. The van der Waals surface area contributed by atoms with Crippen LogP contribution in [0.4, 0.5) is 5.95 Å². The van der Waals surface area contributed by atoms with Gasteiger partial charge in [0.25, 0.3) is 5.56 Å². The van der Waals surface area contributed by atoms with Gasteiger partial charge in [-0.3, -0.25) is 14.3 Å². The smallest absolute Gasteiger partial charge is 0.255 e. The molecular formula is C21H22N4O3. The molecule has 1 saturated heterocycles. The van der Waals surface area contributed by atoms with Gasteiger partial charge < -0.3 is 14.4 Å². The minimum absolute atomic E-state index is 0.0932. The topological polar surface area (TPSA) is 69.5 Å². The first-order valence-corrected chi connectivity index (χ1v) is 9.14. The number of ether oxygens (including phenoxy) is 2. The van der Waals surface area contributed by atoms with E-state index >= 15 is 0 Å². The normalized spacial score (nSPS) is 16.8. The highest BCUT2D eigenvalue weighted by Gasteiger charge is 2.25. The summed E-state index contributed by atoms with van der Waals surface area (Å²) < 4.78 is 12.8. The zero-order valence-electron chi connectivity index (χ0n) is 15.9. The van der Waals surface area contributed by atoms with E-state index in [4.69, 9.17) is 14.5 Å². The number of hydrogen-bond donors (Lipinski definition) is 0. The number of pyridine rings is 1. The molecule has 1 aliphatic rings. The molecule has 0 spiro atoms. The Morgan fingerprint density at radius 2 is 1.89 bits per heavy atom. The number of morpholine rings is 1. The summed E-state index contributed by atoms with van der Waals surface area (Å²) in [7, 11) is 3.40. The van der Waals surface area contributed by atoms with Crippen LogP contribution in [0.15, 0.2) is 59.7 Å². The Balaban J connectivity index is 1.64. The van der Waals surface area contributed by atoms with E-state index in [1.165, 1.54) is 0 Å². The Kier molecular flexibility index (Phi) is 5.08. The lowest BCUT2D eigenvalue weighted by Gasteiger charge is -2.34. The molecule has 2 aromatic heterocycles. The summed E-state index contributed by atoms with van der Waals surface area (Å²) >= 11 is 0. The van der Waals surface area contributed by atoms with E-state index in [0.29, 0.717) is 31.3 Å². The van der Waals surface area contributed by atoms with Crippen LogP contribution in [0.1, 0.15) is 11.7 Å². The molecule has 0 radical (unpaired) electrons. The molecule has 3 aromatic rings. The largest absolute Gasteiger partial charge is 0.497 e. The number of hydrogen-bond acceptors (Lipinski definition) is 6. The average molecular weight is 378 g/mol. The lowest BCUT2D eigenvalue weighted by Crippen LogP contribution is -2.41. The standard InChI is InChI=1S/C21H22N4O3/c1-24-20(26)13-18(15-7-9-22-10-8-15)23-21(24)25-11-12-28-19(14-25)16-3-5-17(27-2)6-4-16/h3-10,13,19H,11-12,14H2,1-2H3/t19-/m1/s1.